The molecule has 0 bridgehead atoms. The maximum Gasteiger partial charge on any atom is 0.216 e. The van der Waals surface area contributed by atoms with Crippen molar-refractivity contribution in [2.45, 2.75) is 6.17 Å². The second-order valence-electron chi connectivity index (χ2n) is 6.68. The van der Waals surface area contributed by atoms with E-state index in [0.717, 1.165) is 41.7 Å². The lowest BCUT2D eigenvalue weighted by Crippen LogP contribution is -2.57. The number of imidazole rings is 1. The largest absolute Gasteiger partial charge is 0.383 e. The van der Waals surface area contributed by atoms with Crippen molar-refractivity contribution in [1.82, 2.24) is 24.8 Å². The SMILES string of the molecule is COCCN1CN=C2NC(c3cccnc3)n3c(nc4ccccc43)N2C1. The average Bonchev–Trinajstić information content (AvgIpc) is 3.12. The monoisotopic (exact) mass is 363 g/mol. The Morgan fingerprint density at radius 1 is 1.22 bits per heavy atom. The summed E-state index contributed by atoms with van der Waals surface area (Å²) in [6, 6.07) is 12.2. The summed E-state index contributed by atoms with van der Waals surface area (Å²) >= 11 is 0. The van der Waals surface area contributed by atoms with Gasteiger partial charge >= 0.3 is 0 Å². The molecule has 0 saturated carbocycles. The third kappa shape index (κ3) is 2.73. The molecule has 3 aromatic rings. The molecule has 0 radical (unpaired) electrons. The Labute approximate surface area is 157 Å². The van der Waals surface area contributed by atoms with Crippen molar-refractivity contribution in [3.8, 4) is 0 Å². The number of aromatic nitrogens is 3. The molecule has 1 atom stereocenters. The molecule has 0 amide bonds. The van der Waals surface area contributed by atoms with Crippen LogP contribution in [0.25, 0.3) is 11.0 Å². The molecule has 0 saturated heterocycles. The van der Waals surface area contributed by atoms with E-state index in [9.17, 15) is 0 Å². The van der Waals surface area contributed by atoms with Gasteiger partial charge in [0.1, 0.15) is 6.17 Å². The van der Waals surface area contributed by atoms with Gasteiger partial charge in [0.2, 0.25) is 11.9 Å². The van der Waals surface area contributed by atoms with Crippen LogP contribution in [0.1, 0.15) is 11.7 Å². The molecule has 138 valence electrons. The van der Waals surface area contributed by atoms with E-state index < -0.39 is 0 Å². The van der Waals surface area contributed by atoms with Gasteiger partial charge in [0, 0.05) is 31.6 Å². The molecule has 2 aliphatic heterocycles. The number of fused-ring (bicyclic) bond motifs is 5. The molecular formula is C19H21N7O. The van der Waals surface area contributed by atoms with Crippen LogP contribution in [-0.2, 0) is 4.74 Å². The predicted molar refractivity (Wildman–Crippen MR) is 103 cm³/mol. The first-order chi connectivity index (χ1) is 13.3. The number of benzene rings is 1. The number of hydrogen-bond donors (Lipinski definition) is 1. The van der Waals surface area contributed by atoms with E-state index in [1.165, 1.54) is 0 Å². The molecule has 1 N–H and O–H groups in total. The third-order valence-corrected chi connectivity index (χ3v) is 4.97. The molecule has 0 fully saturated rings. The number of hydrogen-bond acceptors (Lipinski definition) is 7. The van der Waals surface area contributed by atoms with Crippen molar-refractivity contribution in [2.75, 3.05) is 38.5 Å². The molecule has 2 aromatic heterocycles. The second-order valence-corrected chi connectivity index (χ2v) is 6.68. The molecule has 2 aliphatic rings. The quantitative estimate of drug-likeness (QED) is 0.760. The Morgan fingerprint density at radius 2 is 2.15 bits per heavy atom. The maximum atomic E-state index is 5.22. The van der Waals surface area contributed by atoms with E-state index in [1.807, 2.05) is 30.5 Å². The standard InChI is InChI=1S/C19H21N7O/c1-27-10-9-24-12-21-18-23-17(14-5-4-8-20-11-14)26-16-7-3-2-6-15(16)22-19(26)25(18)13-24/h2-8,11,17H,9-10,12-13H2,1H3,(H,21,23). The van der Waals surface area contributed by atoms with Crippen LogP contribution in [0.15, 0.2) is 53.8 Å². The summed E-state index contributed by atoms with van der Waals surface area (Å²) in [6.07, 6.45) is 3.58. The van der Waals surface area contributed by atoms with Crippen LogP contribution < -0.4 is 10.2 Å². The number of nitrogens with zero attached hydrogens (tertiary/aromatic N) is 6. The van der Waals surface area contributed by atoms with Gasteiger partial charge in [-0.05, 0) is 18.2 Å². The number of aliphatic imine (C=N–C) groups is 1. The lowest BCUT2D eigenvalue weighted by molar-refractivity contribution is 0.147. The highest BCUT2D eigenvalue weighted by Crippen LogP contribution is 2.33. The van der Waals surface area contributed by atoms with Crippen LogP contribution in [0.2, 0.25) is 0 Å². The van der Waals surface area contributed by atoms with Gasteiger partial charge in [-0.25, -0.2) is 9.98 Å². The summed E-state index contributed by atoms with van der Waals surface area (Å²) in [5.41, 5.74) is 3.13. The highest BCUT2D eigenvalue weighted by atomic mass is 16.5. The number of pyridine rings is 1. The lowest BCUT2D eigenvalue weighted by atomic mass is 10.2. The lowest BCUT2D eigenvalue weighted by Gasteiger charge is -2.41. The molecular weight excluding hydrogens is 342 g/mol. The van der Waals surface area contributed by atoms with E-state index in [4.69, 9.17) is 14.7 Å². The van der Waals surface area contributed by atoms with Gasteiger partial charge in [0.25, 0.3) is 0 Å². The summed E-state index contributed by atoms with van der Waals surface area (Å²) in [7, 11) is 1.72. The Kier molecular flexibility index (Phi) is 3.99. The topological polar surface area (TPSA) is 70.8 Å². The zero-order chi connectivity index (χ0) is 18.2. The minimum Gasteiger partial charge on any atom is -0.383 e. The molecule has 1 unspecified atom stereocenters. The van der Waals surface area contributed by atoms with Gasteiger partial charge in [-0.15, -0.1) is 0 Å². The molecule has 8 heteroatoms. The number of anilines is 1. The van der Waals surface area contributed by atoms with Gasteiger partial charge < -0.3 is 10.1 Å². The summed E-state index contributed by atoms with van der Waals surface area (Å²) in [5.74, 6) is 1.74. The minimum absolute atomic E-state index is 0.0957. The van der Waals surface area contributed by atoms with E-state index in [-0.39, 0.29) is 6.17 Å². The van der Waals surface area contributed by atoms with Gasteiger partial charge in [0.15, 0.2) is 0 Å². The number of guanidine groups is 1. The van der Waals surface area contributed by atoms with Crippen molar-refractivity contribution in [3.63, 3.8) is 0 Å². The van der Waals surface area contributed by atoms with Crippen LogP contribution in [0.5, 0.6) is 0 Å². The summed E-state index contributed by atoms with van der Waals surface area (Å²) < 4.78 is 7.45. The van der Waals surface area contributed by atoms with Crippen LogP contribution in [-0.4, -0.2) is 59.0 Å². The fraction of sp³-hybridized carbons (Fsp3) is 0.316. The Bertz CT molecular complexity index is 984. The van der Waals surface area contributed by atoms with Crippen LogP contribution in [0.3, 0.4) is 0 Å². The molecule has 8 nitrogen and oxygen atoms in total. The van der Waals surface area contributed by atoms with Crippen molar-refractivity contribution < 1.29 is 4.74 Å². The van der Waals surface area contributed by atoms with Gasteiger partial charge in [-0.3, -0.25) is 19.4 Å². The predicted octanol–water partition coefficient (Wildman–Crippen LogP) is 1.62. The summed E-state index contributed by atoms with van der Waals surface area (Å²) in [6.45, 7) is 2.87. The maximum absolute atomic E-state index is 5.22. The molecule has 27 heavy (non-hydrogen) atoms. The first-order valence-corrected chi connectivity index (χ1v) is 9.02. The number of rotatable bonds is 4. The van der Waals surface area contributed by atoms with Gasteiger partial charge in [0.05, 0.1) is 31.0 Å². The van der Waals surface area contributed by atoms with Crippen LogP contribution >= 0.6 is 0 Å². The highest BCUT2D eigenvalue weighted by Gasteiger charge is 2.35. The number of nitrogens with one attached hydrogen (secondary N) is 1. The molecule has 0 spiro atoms. The highest BCUT2D eigenvalue weighted by molar-refractivity contribution is 5.98. The van der Waals surface area contributed by atoms with Crippen LogP contribution in [0, 0.1) is 0 Å². The van der Waals surface area contributed by atoms with Crippen molar-refractivity contribution in [2.24, 2.45) is 4.99 Å². The number of para-hydroxylation sites is 2. The summed E-state index contributed by atoms with van der Waals surface area (Å²) in [4.78, 5) is 18.3. The molecule has 4 heterocycles. The third-order valence-electron chi connectivity index (χ3n) is 4.97. The second kappa shape index (κ2) is 6.64. The molecule has 1 aromatic carbocycles. The Morgan fingerprint density at radius 3 is 3.00 bits per heavy atom. The van der Waals surface area contributed by atoms with Crippen molar-refractivity contribution >= 4 is 22.9 Å². The normalized spacial score (nSPS) is 19.4. The fourth-order valence-electron chi connectivity index (χ4n) is 3.64. The zero-order valence-electron chi connectivity index (χ0n) is 15.1. The van der Waals surface area contributed by atoms with E-state index in [2.05, 4.69) is 36.8 Å². The van der Waals surface area contributed by atoms with Crippen molar-refractivity contribution in [1.29, 1.82) is 0 Å². The number of methoxy groups -OCH3 is 1. The first kappa shape index (κ1) is 16.2. The fourth-order valence-corrected chi connectivity index (χ4v) is 3.64. The van der Waals surface area contributed by atoms with Crippen LogP contribution in [0.4, 0.5) is 5.95 Å². The Balaban J connectivity index is 1.62. The van der Waals surface area contributed by atoms with Gasteiger partial charge in [-0.2, -0.15) is 0 Å². The molecule has 5 rings (SSSR count). The first-order valence-electron chi connectivity index (χ1n) is 9.02. The summed E-state index contributed by atoms with van der Waals surface area (Å²) in [5, 5.41) is 3.58. The van der Waals surface area contributed by atoms with Gasteiger partial charge in [-0.1, -0.05) is 18.2 Å². The molecule has 0 aliphatic carbocycles. The van der Waals surface area contributed by atoms with E-state index >= 15 is 0 Å². The average molecular weight is 363 g/mol. The number of ether oxygens (including phenoxy) is 1. The zero-order valence-corrected chi connectivity index (χ0v) is 15.1. The van der Waals surface area contributed by atoms with E-state index in [0.29, 0.717) is 13.3 Å². The van der Waals surface area contributed by atoms with Crippen molar-refractivity contribution in [3.05, 3.63) is 54.4 Å². The smallest absolute Gasteiger partial charge is 0.216 e. The van der Waals surface area contributed by atoms with E-state index in [1.54, 1.807) is 13.3 Å². The Hall–Kier alpha value is -2.97. The minimum atomic E-state index is -0.0957.